The van der Waals surface area contributed by atoms with E-state index < -0.39 is 0 Å². The van der Waals surface area contributed by atoms with Gasteiger partial charge in [-0.2, -0.15) is 0 Å². The van der Waals surface area contributed by atoms with Gasteiger partial charge in [0, 0.05) is 24.6 Å². The van der Waals surface area contributed by atoms with Crippen LogP contribution in [0.2, 0.25) is 5.02 Å². The van der Waals surface area contributed by atoms with Gasteiger partial charge < -0.3 is 15.0 Å². The molecule has 0 atom stereocenters. The molecular weight excluding hydrogens is 380 g/mol. The Morgan fingerprint density at radius 3 is 2.61 bits per heavy atom. The fourth-order valence-electron chi connectivity index (χ4n) is 3.62. The maximum atomic E-state index is 12.9. The molecule has 2 aromatic carbocycles. The second kappa shape index (κ2) is 7.64. The topological polar surface area (TPSA) is 75.7 Å². The van der Waals surface area contributed by atoms with Crippen molar-refractivity contribution in [1.29, 1.82) is 0 Å². The standard InChI is InChI=1S/C21H19ClN2O4/c22-16-4-2-1-3-15(16)21(27)24-9-7-13(8-10-24)20(26)14-5-6-18-17(11-14)23-19(25)12-28-18/h1-6,11,13H,7-10,12H2,(H,23,25). The van der Waals surface area contributed by atoms with Gasteiger partial charge in [0.05, 0.1) is 16.3 Å². The van der Waals surface area contributed by atoms with Gasteiger partial charge in [-0.05, 0) is 43.2 Å². The van der Waals surface area contributed by atoms with Crippen LogP contribution in [0.5, 0.6) is 5.75 Å². The van der Waals surface area contributed by atoms with Crippen LogP contribution in [0, 0.1) is 5.92 Å². The van der Waals surface area contributed by atoms with Crippen molar-refractivity contribution in [2.24, 2.45) is 5.92 Å². The van der Waals surface area contributed by atoms with E-state index >= 15 is 0 Å². The molecule has 2 aliphatic heterocycles. The predicted molar refractivity (Wildman–Crippen MR) is 105 cm³/mol. The van der Waals surface area contributed by atoms with Crippen molar-refractivity contribution in [1.82, 2.24) is 4.90 Å². The summed E-state index contributed by atoms with van der Waals surface area (Å²) in [5.41, 5.74) is 1.55. The van der Waals surface area contributed by atoms with Crippen LogP contribution >= 0.6 is 11.6 Å². The number of fused-ring (bicyclic) bond motifs is 1. The van der Waals surface area contributed by atoms with Crippen molar-refractivity contribution in [3.05, 3.63) is 58.6 Å². The molecule has 2 heterocycles. The molecule has 2 aliphatic rings. The summed E-state index contributed by atoms with van der Waals surface area (Å²) in [5.74, 6) is 0.0889. The number of Topliss-reactive ketones (excluding diaryl/α,β-unsaturated/α-hetero) is 1. The summed E-state index contributed by atoms with van der Waals surface area (Å²) >= 11 is 6.12. The Bertz CT molecular complexity index is 951. The molecule has 1 N–H and O–H groups in total. The number of amides is 2. The Labute approximate surface area is 167 Å². The highest BCUT2D eigenvalue weighted by atomic mass is 35.5. The highest BCUT2D eigenvalue weighted by Gasteiger charge is 2.29. The van der Waals surface area contributed by atoms with Crippen LogP contribution in [0.15, 0.2) is 42.5 Å². The molecule has 0 aliphatic carbocycles. The molecule has 0 bridgehead atoms. The van der Waals surface area contributed by atoms with Crippen molar-refractivity contribution in [2.45, 2.75) is 12.8 Å². The molecule has 0 aromatic heterocycles. The molecule has 1 fully saturated rings. The number of piperidine rings is 1. The van der Waals surface area contributed by atoms with Crippen LogP contribution in [-0.4, -0.2) is 42.2 Å². The Hall–Kier alpha value is -2.86. The van der Waals surface area contributed by atoms with Gasteiger partial charge in [0.1, 0.15) is 5.75 Å². The number of ketones is 1. The number of hydrogen-bond donors (Lipinski definition) is 1. The summed E-state index contributed by atoms with van der Waals surface area (Å²) in [6.45, 7) is 0.995. The number of likely N-dealkylation sites (tertiary alicyclic amines) is 1. The highest BCUT2D eigenvalue weighted by Crippen LogP contribution is 2.31. The van der Waals surface area contributed by atoms with E-state index in [4.69, 9.17) is 16.3 Å². The zero-order chi connectivity index (χ0) is 19.7. The average Bonchev–Trinajstić information content (AvgIpc) is 2.72. The Kier molecular flexibility index (Phi) is 5.05. The Morgan fingerprint density at radius 2 is 1.86 bits per heavy atom. The van der Waals surface area contributed by atoms with Crippen molar-refractivity contribution in [3.63, 3.8) is 0 Å². The van der Waals surface area contributed by atoms with Gasteiger partial charge in [0.15, 0.2) is 12.4 Å². The lowest BCUT2D eigenvalue weighted by Gasteiger charge is -2.31. The van der Waals surface area contributed by atoms with Crippen LogP contribution in [0.3, 0.4) is 0 Å². The molecule has 0 radical (unpaired) electrons. The quantitative estimate of drug-likeness (QED) is 0.804. The maximum absolute atomic E-state index is 12.9. The van der Waals surface area contributed by atoms with Crippen molar-refractivity contribution < 1.29 is 19.1 Å². The number of halogens is 1. The third-order valence-corrected chi connectivity index (χ3v) is 5.48. The number of carbonyl (C=O) groups excluding carboxylic acids is 3. The van der Waals surface area contributed by atoms with Gasteiger partial charge in [-0.25, -0.2) is 0 Å². The first-order chi connectivity index (χ1) is 13.5. The third-order valence-electron chi connectivity index (χ3n) is 5.15. The number of hydrogen-bond acceptors (Lipinski definition) is 4. The number of rotatable bonds is 3. The normalized spacial score (nSPS) is 16.8. The molecule has 0 unspecified atom stereocenters. The Balaban J connectivity index is 1.42. The predicted octanol–water partition coefficient (Wildman–Crippen LogP) is 3.41. The zero-order valence-corrected chi connectivity index (χ0v) is 15.9. The monoisotopic (exact) mass is 398 g/mol. The van der Waals surface area contributed by atoms with Gasteiger partial charge >= 0.3 is 0 Å². The van der Waals surface area contributed by atoms with E-state index in [-0.39, 0.29) is 30.1 Å². The highest BCUT2D eigenvalue weighted by molar-refractivity contribution is 6.33. The number of nitrogens with zero attached hydrogens (tertiary/aromatic N) is 1. The number of nitrogens with one attached hydrogen (secondary N) is 1. The van der Waals surface area contributed by atoms with Gasteiger partial charge in [-0.1, -0.05) is 23.7 Å². The van der Waals surface area contributed by atoms with Gasteiger partial charge in [-0.3, -0.25) is 14.4 Å². The Morgan fingerprint density at radius 1 is 1.11 bits per heavy atom. The van der Waals surface area contributed by atoms with Gasteiger partial charge in [0.25, 0.3) is 11.8 Å². The fraction of sp³-hybridized carbons (Fsp3) is 0.286. The minimum absolute atomic E-state index is 0.0157. The van der Waals surface area contributed by atoms with E-state index in [2.05, 4.69) is 5.32 Å². The molecule has 0 saturated carbocycles. The van der Waals surface area contributed by atoms with E-state index in [1.807, 2.05) is 0 Å². The maximum Gasteiger partial charge on any atom is 0.262 e. The molecular formula is C21H19ClN2O4. The fourth-order valence-corrected chi connectivity index (χ4v) is 3.84. The number of carbonyl (C=O) groups is 3. The summed E-state index contributed by atoms with van der Waals surface area (Å²) in [7, 11) is 0. The van der Waals surface area contributed by atoms with Crippen LogP contribution in [0.4, 0.5) is 5.69 Å². The molecule has 0 spiro atoms. The zero-order valence-electron chi connectivity index (χ0n) is 15.1. The first-order valence-corrected chi connectivity index (χ1v) is 9.55. The largest absolute Gasteiger partial charge is 0.482 e. The van der Waals surface area contributed by atoms with Crippen LogP contribution in [0.1, 0.15) is 33.6 Å². The minimum atomic E-state index is -0.233. The molecule has 144 valence electrons. The first kappa shape index (κ1) is 18.5. The minimum Gasteiger partial charge on any atom is -0.482 e. The first-order valence-electron chi connectivity index (χ1n) is 9.17. The van der Waals surface area contributed by atoms with E-state index in [0.29, 0.717) is 53.5 Å². The van der Waals surface area contributed by atoms with E-state index in [1.165, 1.54) is 0 Å². The molecule has 28 heavy (non-hydrogen) atoms. The lowest BCUT2D eigenvalue weighted by molar-refractivity contribution is -0.118. The van der Waals surface area contributed by atoms with Gasteiger partial charge in [0.2, 0.25) is 0 Å². The summed E-state index contributed by atoms with van der Waals surface area (Å²) < 4.78 is 5.33. The lowest BCUT2D eigenvalue weighted by atomic mass is 9.88. The molecule has 1 saturated heterocycles. The molecule has 2 aromatic rings. The lowest BCUT2D eigenvalue weighted by Crippen LogP contribution is -2.40. The molecule has 7 heteroatoms. The summed E-state index contributed by atoms with van der Waals surface area (Å²) in [6.07, 6.45) is 1.18. The summed E-state index contributed by atoms with van der Waals surface area (Å²) in [6, 6.07) is 12.1. The molecule has 6 nitrogen and oxygen atoms in total. The van der Waals surface area contributed by atoms with Gasteiger partial charge in [-0.15, -0.1) is 0 Å². The average molecular weight is 399 g/mol. The number of ether oxygens (including phenoxy) is 1. The van der Waals surface area contributed by atoms with E-state index in [1.54, 1.807) is 47.4 Å². The summed E-state index contributed by atoms with van der Waals surface area (Å²) in [5, 5.41) is 3.16. The van der Waals surface area contributed by atoms with Crippen molar-refractivity contribution in [2.75, 3.05) is 25.0 Å². The van der Waals surface area contributed by atoms with E-state index in [9.17, 15) is 14.4 Å². The number of anilines is 1. The van der Waals surface area contributed by atoms with Crippen LogP contribution < -0.4 is 10.1 Å². The van der Waals surface area contributed by atoms with E-state index in [0.717, 1.165) is 0 Å². The van der Waals surface area contributed by atoms with Crippen LogP contribution in [0.25, 0.3) is 0 Å². The van der Waals surface area contributed by atoms with Crippen molar-refractivity contribution >= 4 is 34.9 Å². The van der Waals surface area contributed by atoms with Crippen LogP contribution in [-0.2, 0) is 4.79 Å². The number of benzene rings is 2. The molecule has 4 rings (SSSR count). The SMILES string of the molecule is O=C1COc2ccc(C(=O)C3CCN(C(=O)c4ccccc4Cl)CC3)cc2N1. The second-order valence-corrected chi connectivity index (χ2v) is 7.37. The molecule has 2 amide bonds. The van der Waals surface area contributed by atoms with Crippen molar-refractivity contribution in [3.8, 4) is 5.75 Å². The third kappa shape index (κ3) is 3.60. The summed E-state index contributed by atoms with van der Waals surface area (Å²) in [4.78, 5) is 38.8. The second-order valence-electron chi connectivity index (χ2n) is 6.96. The smallest absolute Gasteiger partial charge is 0.262 e.